The molecule has 0 heterocycles. The second kappa shape index (κ2) is 7.33. The summed E-state index contributed by atoms with van der Waals surface area (Å²) in [5.41, 5.74) is -0.0975. The number of phenolic OH excluding ortho intramolecular Hbond substituents is 1. The van der Waals surface area contributed by atoms with E-state index >= 15 is 0 Å². The number of aliphatic hydroxyl groups excluding tert-OH is 1. The summed E-state index contributed by atoms with van der Waals surface area (Å²) in [4.78, 5) is 11.0. The van der Waals surface area contributed by atoms with E-state index in [0.29, 0.717) is 12.0 Å². The molecule has 0 saturated heterocycles. The van der Waals surface area contributed by atoms with Gasteiger partial charge in [0.1, 0.15) is 5.75 Å². The molecule has 0 aliphatic heterocycles. The summed E-state index contributed by atoms with van der Waals surface area (Å²) >= 11 is 7.13. The zero-order chi connectivity index (χ0) is 15.3. The monoisotopic (exact) mass is 362 g/mol. The molecule has 0 bridgehead atoms. The Labute approximate surface area is 132 Å². The van der Waals surface area contributed by atoms with Crippen molar-refractivity contribution >= 4 is 34.5 Å². The van der Waals surface area contributed by atoms with Gasteiger partial charge in [0.05, 0.1) is 18.5 Å². The molecule has 0 spiro atoms. The Bertz CT molecular complexity index is 476. The lowest BCUT2D eigenvalue weighted by atomic mass is 9.80. The van der Waals surface area contributed by atoms with Crippen molar-refractivity contribution in [3.63, 3.8) is 0 Å². The highest BCUT2D eigenvalue weighted by Crippen LogP contribution is 2.40. The summed E-state index contributed by atoms with van der Waals surface area (Å²) in [6.45, 7) is 3.91. The number of aliphatic hydroxyl groups is 1. The molecular weight excluding hydrogens is 344 g/mol. The molecule has 1 rings (SSSR count). The number of carbonyl (C=O) groups excluding carboxylic acids is 1. The van der Waals surface area contributed by atoms with Crippen LogP contribution in [0.25, 0.3) is 0 Å². The minimum absolute atomic E-state index is 0.0371. The first-order chi connectivity index (χ1) is 9.27. The fraction of sp³-hybridized carbons (Fsp3) is 0.500. The van der Waals surface area contributed by atoms with E-state index in [1.54, 1.807) is 12.1 Å². The van der Waals surface area contributed by atoms with E-state index < -0.39 is 11.5 Å². The molecule has 0 saturated carbocycles. The van der Waals surface area contributed by atoms with E-state index in [2.05, 4.69) is 28.6 Å². The van der Waals surface area contributed by atoms with E-state index in [1.165, 1.54) is 6.07 Å². The highest BCUT2D eigenvalue weighted by atomic mass is 79.9. The van der Waals surface area contributed by atoms with Gasteiger partial charge in [0.2, 0.25) is 0 Å². The van der Waals surface area contributed by atoms with Gasteiger partial charge in [-0.3, -0.25) is 4.79 Å². The normalized spacial score (nSPS) is 13.1. The van der Waals surface area contributed by atoms with E-state index in [1.807, 2.05) is 13.8 Å². The highest BCUT2D eigenvalue weighted by Gasteiger charge is 2.31. The maximum atomic E-state index is 11.0. The smallest absolute Gasteiger partial charge is 0.315 e. The van der Waals surface area contributed by atoms with Crippen LogP contribution >= 0.6 is 28.6 Å². The van der Waals surface area contributed by atoms with Crippen LogP contribution < -0.4 is 0 Å². The van der Waals surface area contributed by atoms with Crippen molar-refractivity contribution in [1.82, 2.24) is 0 Å². The lowest BCUT2D eigenvalue weighted by Gasteiger charge is -2.31. The van der Waals surface area contributed by atoms with Gasteiger partial charge in [-0.15, -0.1) is 0 Å². The van der Waals surface area contributed by atoms with Crippen LogP contribution in [0.5, 0.6) is 5.75 Å². The lowest BCUT2D eigenvalue weighted by Crippen LogP contribution is -2.25. The number of thiol groups is 1. The zero-order valence-corrected chi connectivity index (χ0v) is 13.9. The molecule has 0 aliphatic rings. The van der Waals surface area contributed by atoms with Gasteiger partial charge in [0.25, 0.3) is 0 Å². The number of hydrogen-bond acceptors (Lipinski definition) is 5. The molecule has 4 nitrogen and oxygen atoms in total. The number of halogens is 1. The maximum absolute atomic E-state index is 11.0. The number of phenols is 1. The summed E-state index contributed by atoms with van der Waals surface area (Å²) in [5, 5.41) is 20.3. The Morgan fingerprint density at radius 2 is 2.15 bits per heavy atom. The fourth-order valence-corrected chi connectivity index (χ4v) is 2.25. The third kappa shape index (κ3) is 4.68. The van der Waals surface area contributed by atoms with Crippen LogP contribution in [-0.2, 0) is 9.53 Å². The first-order valence-electron chi connectivity index (χ1n) is 6.21. The molecule has 2 N–H and O–H groups in total. The number of rotatable bonds is 6. The molecule has 112 valence electrons. The molecule has 0 radical (unpaired) electrons. The van der Waals surface area contributed by atoms with Gasteiger partial charge in [-0.05, 0) is 30.0 Å². The minimum Gasteiger partial charge on any atom is -0.508 e. The number of benzene rings is 1. The van der Waals surface area contributed by atoms with Crippen LogP contribution in [0.15, 0.2) is 22.7 Å². The Morgan fingerprint density at radius 1 is 1.50 bits per heavy atom. The maximum Gasteiger partial charge on any atom is 0.315 e. The Kier molecular flexibility index (Phi) is 6.36. The van der Waals surface area contributed by atoms with Crippen molar-refractivity contribution in [2.24, 2.45) is 5.41 Å². The van der Waals surface area contributed by atoms with Crippen LogP contribution in [-0.4, -0.2) is 28.5 Å². The van der Waals surface area contributed by atoms with Crippen molar-refractivity contribution in [3.8, 4) is 5.75 Å². The van der Waals surface area contributed by atoms with Crippen LogP contribution in [0.1, 0.15) is 31.9 Å². The van der Waals surface area contributed by atoms with Gasteiger partial charge >= 0.3 is 5.97 Å². The Morgan fingerprint density at radius 3 is 2.75 bits per heavy atom. The van der Waals surface area contributed by atoms with E-state index in [9.17, 15) is 15.0 Å². The third-order valence-corrected chi connectivity index (χ3v) is 3.91. The number of esters is 1. The number of hydrogen-bond donors (Lipinski definition) is 3. The molecule has 0 fully saturated rings. The molecule has 1 aromatic carbocycles. The first-order valence-corrected chi connectivity index (χ1v) is 7.63. The van der Waals surface area contributed by atoms with Crippen LogP contribution in [0.3, 0.4) is 0 Å². The number of aromatic hydroxyl groups is 1. The van der Waals surface area contributed by atoms with Gasteiger partial charge < -0.3 is 14.9 Å². The summed E-state index contributed by atoms with van der Waals surface area (Å²) in [5.74, 6) is -0.305. The van der Waals surface area contributed by atoms with E-state index in [-0.39, 0.29) is 24.1 Å². The lowest BCUT2D eigenvalue weighted by molar-refractivity contribution is -0.141. The summed E-state index contributed by atoms with van der Waals surface area (Å²) < 4.78 is 5.75. The van der Waals surface area contributed by atoms with Crippen molar-refractivity contribution in [3.05, 3.63) is 28.2 Å². The highest BCUT2D eigenvalue weighted by molar-refractivity contribution is 9.10. The van der Waals surface area contributed by atoms with Gasteiger partial charge in [-0.25, -0.2) is 0 Å². The largest absolute Gasteiger partial charge is 0.508 e. The van der Waals surface area contributed by atoms with Gasteiger partial charge in [-0.1, -0.05) is 29.8 Å². The summed E-state index contributed by atoms with van der Waals surface area (Å²) in [7, 11) is 0. The zero-order valence-electron chi connectivity index (χ0n) is 11.5. The quantitative estimate of drug-likeness (QED) is 0.537. The van der Waals surface area contributed by atoms with Gasteiger partial charge in [0, 0.05) is 10.0 Å². The van der Waals surface area contributed by atoms with E-state index in [4.69, 9.17) is 4.74 Å². The molecule has 1 aromatic rings. The molecule has 6 heteroatoms. The summed E-state index contributed by atoms with van der Waals surface area (Å²) in [6, 6.07) is 4.91. The van der Waals surface area contributed by atoms with E-state index in [0.717, 1.165) is 4.47 Å². The average molecular weight is 363 g/mol. The van der Waals surface area contributed by atoms with Crippen LogP contribution in [0.4, 0.5) is 0 Å². The second-order valence-electron chi connectivity index (χ2n) is 5.22. The minimum atomic E-state index is -0.866. The molecule has 0 amide bonds. The van der Waals surface area contributed by atoms with Crippen molar-refractivity contribution in [1.29, 1.82) is 0 Å². The first kappa shape index (κ1) is 17.3. The van der Waals surface area contributed by atoms with Gasteiger partial charge in [-0.2, -0.15) is 12.6 Å². The molecule has 1 atom stereocenters. The molecule has 0 aliphatic carbocycles. The van der Waals surface area contributed by atoms with Crippen molar-refractivity contribution in [2.45, 2.75) is 26.4 Å². The van der Waals surface area contributed by atoms with Crippen LogP contribution in [0, 0.1) is 5.41 Å². The topological polar surface area (TPSA) is 66.8 Å². The van der Waals surface area contributed by atoms with Gasteiger partial charge in [0.15, 0.2) is 0 Å². The fourth-order valence-electron chi connectivity index (χ4n) is 1.78. The number of ether oxygens (including phenoxy) is 1. The Balaban J connectivity index is 2.75. The average Bonchev–Trinajstić information content (AvgIpc) is 2.40. The Hall–Kier alpha value is -0.720. The molecule has 20 heavy (non-hydrogen) atoms. The predicted molar refractivity (Wildman–Crippen MR) is 84.0 cm³/mol. The summed E-state index contributed by atoms with van der Waals surface area (Å²) in [6.07, 6.45) is -0.394. The van der Waals surface area contributed by atoms with Crippen LogP contribution in [0.2, 0.25) is 0 Å². The molecular formula is C14H19BrO4S. The molecule has 0 aromatic heterocycles. The predicted octanol–water partition coefficient (Wildman–Crippen LogP) is 3.08. The third-order valence-electron chi connectivity index (χ3n) is 3.16. The number of carbonyl (C=O) groups is 1. The molecule has 0 unspecified atom stereocenters. The second-order valence-corrected chi connectivity index (χ2v) is 6.45. The van der Waals surface area contributed by atoms with Crippen molar-refractivity contribution in [2.75, 3.05) is 12.4 Å². The SMILES string of the molecule is CC(C)(CCOC(=O)CS)[C@H](O)c1cc(Br)ccc1O. The van der Waals surface area contributed by atoms with Crippen molar-refractivity contribution < 1.29 is 19.7 Å². The standard InChI is InChI=1S/C14H19BrO4S/c1-14(2,5-6-19-12(17)8-20)13(18)10-7-9(15)3-4-11(10)16/h3-4,7,13,16,18,20H,5-6,8H2,1-2H3/t13-/m1/s1.